The Hall–Kier alpha value is -3.04. The van der Waals surface area contributed by atoms with Gasteiger partial charge in [0.2, 0.25) is 10.0 Å². The molecule has 6 heteroatoms. The maximum atomic E-state index is 13.2. The fourth-order valence-corrected chi connectivity index (χ4v) is 5.89. The highest BCUT2D eigenvalue weighted by Gasteiger charge is 2.38. The summed E-state index contributed by atoms with van der Waals surface area (Å²) in [5.41, 5.74) is 2.90. The van der Waals surface area contributed by atoms with Crippen LogP contribution in [-0.4, -0.2) is 19.3 Å². The maximum Gasteiger partial charge on any atom is 0.235 e. The van der Waals surface area contributed by atoms with Crippen molar-refractivity contribution in [3.8, 4) is 11.8 Å². The molecule has 0 fully saturated rings. The Morgan fingerprint density at radius 1 is 1.10 bits per heavy atom. The van der Waals surface area contributed by atoms with E-state index in [2.05, 4.69) is 6.07 Å². The van der Waals surface area contributed by atoms with E-state index >= 15 is 0 Å². The van der Waals surface area contributed by atoms with E-state index in [1.807, 2.05) is 37.3 Å². The molecule has 0 aromatic heterocycles. The third-order valence-electron chi connectivity index (χ3n) is 5.43. The number of aromatic hydroxyl groups is 1. The van der Waals surface area contributed by atoms with E-state index in [0.717, 1.165) is 28.3 Å². The molecule has 1 atom stereocenters. The Bertz CT molecular complexity index is 1230. The molecule has 1 aliphatic rings. The van der Waals surface area contributed by atoms with Gasteiger partial charge >= 0.3 is 0 Å². The van der Waals surface area contributed by atoms with Crippen LogP contribution in [-0.2, 0) is 16.4 Å². The number of fused-ring (bicyclic) bond motifs is 2. The van der Waals surface area contributed by atoms with Crippen molar-refractivity contribution in [1.82, 2.24) is 0 Å². The lowest BCUT2D eigenvalue weighted by Gasteiger charge is -2.27. The average Bonchev–Trinajstić information content (AvgIpc) is 3.10. The van der Waals surface area contributed by atoms with Crippen LogP contribution < -0.4 is 4.31 Å². The summed E-state index contributed by atoms with van der Waals surface area (Å²) in [6.45, 7) is 1.97. The number of hydrogen-bond acceptors (Lipinski definition) is 4. The summed E-state index contributed by atoms with van der Waals surface area (Å²) >= 11 is 0. The first kappa shape index (κ1) is 19.3. The molecule has 0 saturated heterocycles. The first-order chi connectivity index (χ1) is 13.9. The zero-order chi connectivity index (χ0) is 20.6. The number of benzene rings is 3. The molecule has 4 rings (SSSR count). The summed E-state index contributed by atoms with van der Waals surface area (Å²) in [5.74, 6) is 0.222. The van der Waals surface area contributed by atoms with Crippen molar-refractivity contribution in [1.29, 1.82) is 5.26 Å². The van der Waals surface area contributed by atoms with Crippen LogP contribution in [0.15, 0.2) is 54.6 Å². The van der Waals surface area contributed by atoms with E-state index in [1.165, 1.54) is 10.4 Å². The van der Waals surface area contributed by atoms with Crippen molar-refractivity contribution in [3.05, 3.63) is 71.3 Å². The second-order valence-corrected chi connectivity index (χ2v) is 9.40. The van der Waals surface area contributed by atoms with Gasteiger partial charge in [0.05, 0.1) is 29.1 Å². The van der Waals surface area contributed by atoms with Crippen LogP contribution in [0.4, 0.5) is 5.69 Å². The Kier molecular flexibility index (Phi) is 4.93. The van der Waals surface area contributed by atoms with Gasteiger partial charge < -0.3 is 5.11 Å². The first-order valence-corrected chi connectivity index (χ1v) is 11.3. The molecule has 1 heterocycles. The first-order valence-electron chi connectivity index (χ1n) is 9.71. The minimum Gasteiger partial charge on any atom is -0.508 e. The zero-order valence-corrected chi connectivity index (χ0v) is 17.0. The van der Waals surface area contributed by atoms with Gasteiger partial charge in [-0.05, 0) is 64.7 Å². The van der Waals surface area contributed by atoms with Crippen LogP contribution in [0.1, 0.15) is 42.5 Å². The lowest BCUT2D eigenvalue weighted by atomic mass is 9.98. The van der Waals surface area contributed by atoms with Crippen LogP contribution in [0.3, 0.4) is 0 Å². The van der Waals surface area contributed by atoms with Gasteiger partial charge in [-0.1, -0.05) is 31.5 Å². The van der Waals surface area contributed by atoms with E-state index < -0.39 is 10.0 Å². The summed E-state index contributed by atoms with van der Waals surface area (Å²) in [7, 11) is -3.51. The molecule has 1 unspecified atom stereocenters. The fourth-order valence-electron chi connectivity index (χ4n) is 3.97. The zero-order valence-electron chi connectivity index (χ0n) is 16.2. The van der Waals surface area contributed by atoms with Gasteiger partial charge in [0.15, 0.2) is 0 Å². The maximum absolute atomic E-state index is 13.2. The molecule has 0 spiro atoms. The molecule has 1 N–H and O–H groups in total. The normalized spacial score (nSPS) is 16.0. The van der Waals surface area contributed by atoms with Gasteiger partial charge in [0.1, 0.15) is 5.75 Å². The van der Waals surface area contributed by atoms with E-state index in [4.69, 9.17) is 0 Å². The van der Waals surface area contributed by atoms with Crippen LogP contribution in [0.2, 0.25) is 0 Å². The lowest BCUT2D eigenvalue weighted by Crippen LogP contribution is -2.34. The number of anilines is 1. The fraction of sp³-hybridized carbons (Fsp3) is 0.261. The SMILES string of the molecule is CCCCS(=O)(=O)N1c2ccc(O)cc2CC1c1ccc2ccc(C#N)cc2c1. The van der Waals surface area contributed by atoms with Gasteiger partial charge in [-0.25, -0.2) is 8.42 Å². The summed E-state index contributed by atoms with van der Waals surface area (Å²) in [6.07, 6.45) is 1.90. The van der Waals surface area contributed by atoms with Crippen molar-refractivity contribution in [3.63, 3.8) is 0 Å². The van der Waals surface area contributed by atoms with Crippen molar-refractivity contribution in [2.75, 3.05) is 10.1 Å². The molecule has 5 nitrogen and oxygen atoms in total. The Morgan fingerprint density at radius 3 is 2.66 bits per heavy atom. The third-order valence-corrected chi connectivity index (χ3v) is 7.29. The van der Waals surface area contributed by atoms with E-state index in [1.54, 1.807) is 18.2 Å². The number of unbranched alkanes of at least 4 members (excludes halogenated alkanes) is 1. The van der Waals surface area contributed by atoms with Crippen molar-refractivity contribution in [2.45, 2.75) is 32.2 Å². The molecule has 0 saturated carbocycles. The second kappa shape index (κ2) is 7.41. The Balaban J connectivity index is 1.83. The average molecular weight is 407 g/mol. The molecule has 0 aliphatic carbocycles. The van der Waals surface area contributed by atoms with Crippen LogP contribution >= 0.6 is 0 Å². The van der Waals surface area contributed by atoms with Gasteiger partial charge in [-0.2, -0.15) is 5.26 Å². The van der Waals surface area contributed by atoms with Gasteiger partial charge in [-0.3, -0.25) is 4.31 Å². The van der Waals surface area contributed by atoms with Crippen LogP contribution in [0.5, 0.6) is 5.75 Å². The molecule has 3 aromatic carbocycles. The summed E-state index contributed by atoms with van der Waals surface area (Å²) < 4.78 is 27.9. The van der Waals surface area contributed by atoms with Crippen molar-refractivity contribution in [2.24, 2.45) is 0 Å². The minimum atomic E-state index is -3.51. The van der Waals surface area contributed by atoms with Gasteiger partial charge in [0, 0.05) is 6.42 Å². The number of nitrogens with zero attached hydrogens (tertiary/aromatic N) is 2. The molecule has 1 aliphatic heterocycles. The Labute approximate surface area is 170 Å². The molecular weight excluding hydrogens is 384 g/mol. The molecule has 148 valence electrons. The van der Waals surface area contributed by atoms with Crippen molar-refractivity contribution >= 4 is 26.5 Å². The second-order valence-electron chi connectivity index (χ2n) is 7.43. The van der Waals surface area contributed by atoms with Crippen molar-refractivity contribution < 1.29 is 13.5 Å². The lowest BCUT2D eigenvalue weighted by molar-refractivity contribution is 0.475. The molecule has 0 amide bonds. The number of phenols is 1. The number of nitriles is 1. The molecular formula is C23H22N2O3S. The van der Waals surface area contributed by atoms with Crippen LogP contribution in [0.25, 0.3) is 10.8 Å². The Morgan fingerprint density at radius 2 is 1.90 bits per heavy atom. The number of phenolic OH excluding ortho intramolecular Hbond substituents is 1. The highest BCUT2D eigenvalue weighted by molar-refractivity contribution is 7.92. The predicted molar refractivity (Wildman–Crippen MR) is 114 cm³/mol. The standard InChI is InChI=1S/C23H22N2O3S/c1-2-3-10-29(27,28)25-22-9-8-21(26)13-20(22)14-23(25)18-7-6-17-5-4-16(15-24)11-19(17)12-18/h4-9,11-13,23,26H,2-3,10,14H2,1H3. The molecule has 0 bridgehead atoms. The summed E-state index contributed by atoms with van der Waals surface area (Å²) in [6, 6.07) is 18.0. The number of hydrogen-bond donors (Lipinski definition) is 1. The number of rotatable bonds is 5. The largest absolute Gasteiger partial charge is 0.508 e. The topological polar surface area (TPSA) is 81.4 Å². The summed E-state index contributed by atoms with van der Waals surface area (Å²) in [5, 5.41) is 21.0. The third kappa shape index (κ3) is 3.54. The van der Waals surface area contributed by atoms with Gasteiger partial charge in [-0.15, -0.1) is 0 Å². The smallest absolute Gasteiger partial charge is 0.235 e. The quantitative estimate of drug-likeness (QED) is 0.669. The van der Waals surface area contributed by atoms with E-state index in [-0.39, 0.29) is 17.5 Å². The molecule has 3 aromatic rings. The van der Waals surface area contributed by atoms with Crippen LogP contribution in [0, 0.1) is 11.3 Å². The predicted octanol–water partition coefficient (Wildman–Crippen LogP) is 4.65. The highest BCUT2D eigenvalue weighted by Crippen LogP contribution is 2.44. The van der Waals surface area contributed by atoms with E-state index in [0.29, 0.717) is 24.1 Å². The van der Waals surface area contributed by atoms with E-state index in [9.17, 15) is 18.8 Å². The molecule has 0 radical (unpaired) electrons. The minimum absolute atomic E-state index is 0.0898. The monoisotopic (exact) mass is 406 g/mol. The summed E-state index contributed by atoms with van der Waals surface area (Å²) in [4.78, 5) is 0. The molecule has 29 heavy (non-hydrogen) atoms. The van der Waals surface area contributed by atoms with Gasteiger partial charge in [0.25, 0.3) is 0 Å². The number of sulfonamides is 1. The highest BCUT2D eigenvalue weighted by atomic mass is 32.2.